The lowest BCUT2D eigenvalue weighted by Gasteiger charge is -2.14. The molecular formula is C15H20ClN5O2. The van der Waals surface area contributed by atoms with E-state index in [0.717, 1.165) is 6.54 Å². The Labute approximate surface area is 140 Å². The number of benzene rings is 1. The zero-order valence-corrected chi connectivity index (χ0v) is 14.3. The molecule has 1 aromatic carbocycles. The molecule has 0 atom stereocenters. The van der Waals surface area contributed by atoms with Crippen LogP contribution in [0.3, 0.4) is 0 Å². The highest BCUT2D eigenvalue weighted by atomic mass is 35.5. The monoisotopic (exact) mass is 337 g/mol. The third-order valence-electron chi connectivity index (χ3n) is 2.96. The van der Waals surface area contributed by atoms with Gasteiger partial charge in [0.2, 0.25) is 5.95 Å². The molecule has 7 nitrogen and oxygen atoms in total. The van der Waals surface area contributed by atoms with Crippen molar-refractivity contribution in [3.8, 4) is 11.5 Å². The molecule has 0 saturated carbocycles. The minimum absolute atomic E-state index is 0.462. The molecule has 1 aromatic heterocycles. The van der Waals surface area contributed by atoms with Crippen LogP contribution in [0.4, 0.5) is 17.5 Å². The summed E-state index contributed by atoms with van der Waals surface area (Å²) in [7, 11) is 3.12. The van der Waals surface area contributed by atoms with Crippen LogP contribution in [0.1, 0.15) is 13.8 Å². The molecule has 0 aliphatic rings. The summed E-state index contributed by atoms with van der Waals surface area (Å²) in [6.07, 6.45) is 1.53. The van der Waals surface area contributed by atoms with E-state index in [1.807, 2.05) is 0 Å². The van der Waals surface area contributed by atoms with Gasteiger partial charge in [0.25, 0.3) is 0 Å². The third-order valence-corrected chi connectivity index (χ3v) is 3.26. The van der Waals surface area contributed by atoms with Crippen molar-refractivity contribution in [3.05, 3.63) is 23.4 Å². The van der Waals surface area contributed by atoms with Crippen molar-refractivity contribution in [3.63, 3.8) is 0 Å². The molecule has 0 saturated heterocycles. The Hall–Kier alpha value is -2.28. The summed E-state index contributed by atoms with van der Waals surface area (Å²) in [5, 5.41) is 14.6. The van der Waals surface area contributed by atoms with Gasteiger partial charge in [-0.3, -0.25) is 0 Å². The van der Waals surface area contributed by atoms with Crippen LogP contribution in [0.25, 0.3) is 0 Å². The Morgan fingerprint density at radius 1 is 1.17 bits per heavy atom. The highest BCUT2D eigenvalue weighted by molar-refractivity contribution is 6.32. The van der Waals surface area contributed by atoms with Crippen LogP contribution in [0.15, 0.2) is 18.3 Å². The largest absolute Gasteiger partial charge is 0.495 e. The molecule has 2 N–H and O–H groups in total. The molecule has 0 amide bonds. The number of nitrogens with zero attached hydrogens (tertiary/aromatic N) is 3. The Morgan fingerprint density at radius 2 is 1.91 bits per heavy atom. The molecule has 0 aliphatic heterocycles. The van der Waals surface area contributed by atoms with E-state index >= 15 is 0 Å². The van der Waals surface area contributed by atoms with Crippen molar-refractivity contribution in [1.29, 1.82) is 0 Å². The predicted molar refractivity (Wildman–Crippen MR) is 91.0 cm³/mol. The quantitative estimate of drug-likeness (QED) is 0.801. The summed E-state index contributed by atoms with van der Waals surface area (Å²) in [4.78, 5) is 4.37. The van der Waals surface area contributed by atoms with Crippen LogP contribution in [0, 0.1) is 5.92 Å². The molecule has 1 heterocycles. The van der Waals surface area contributed by atoms with Crippen molar-refractivity contribution < 1.29 is 9.47 Å². The number of hydrogen-bond acceptors (Lipinski definition) is 7. The first kappa shape index (κ1) is 17.1. The number of rotatable bonds is 7. The first-order chi connectivity index (χ1) is 11.0. The van der Waals surface area contributed by atoms with Crippen molar-refractivity contribution in [2.45, 2.75) is 13.8 Å². The number of hydrogen-bond donors (Lipinski definition) is 2. The van der Waals surface area contributed by atoms with Gasteiger partial charge in [0.05, 0.1) is 31.1 Å². The summed E-state index contributed by atoms with van der Waals surface area (Å²) in [6, 6.07) is 3.42. The molecular weight excluding hydrogens is 318 g/mol. The van der Waals surface area contributed by atoms with Crippen molar-refractivity contribution in [1.82, 2.24) is 15.2 Å². The lowest BCUT2D eigenvalue weighted by Crippen LogP contribution is -2.12. The van der Waals surface area contributed by atoms with Crippen LogP contribution in [-0.2, 0) is 0 Å². The van der Waals surface area contributed by atoms with Crippen LogP contribution >= 0.6 is 11.6 Å². The summed E-state index contributed by atoms with van der Waals surface area (Å²) in [6.45, 7) is 4.98. The maximum atomic E-state index is 6.10. The summed E-state index contributed by atoms with van der Waals surface area (Å²) in [5.41, 5.74) is 0.670. The van der Waals surface area contributed by atoms with Gasteiger partial charge in [-0.25, -0.2) is 0 Å². The number of halogens is 1. The van der Waals surface area contributed by atoms with Crippen molar-refractivity contribution in [2.24, 2.45) is 5.92 Å². The molecule has 0 bridgehead atoms. The van der Waals surface area contributed by atoms with Crippen molar-refractivity contribution in [2.75, 3.05) is 31.4 Å². The van der Waals surface area contributed by atoms with E-state index in [9.17, 15) is 0 Å². The Bertz CT molecular complexity index is 666. The first-order valence-corrected chi connectivity index (χ1v) is 7.53. The smallest absolute Gasteiger partial charge is 0.244 e. The van der Waals surface area contributed by atoms with E-state index in [4.69, 9.17) is 21.1 Å². The SMILES string of the molecule is COc1cc(Nc2cnnc(NCC(C)C)n2)c(OC)cc1Cl. The second kappa shape index (κ2) is 7.82. The lowest BCUT2D eigenvalue weighted by atomic mass is 10.2. The van der Waals surface area contributed by atoms with Gasteiger partial charge in [0, 0.05) is 18.7 Å². The standard InChI is InChI=1S/C15H20ClN5O2/c1-9(2)7-17-15-20-14(8-18-21-15)19-11-6-12(22-3)10(16)5-13(11)23-4/h5-6,8-9H,7H2,1-4H3,(H2,17,19,20,21). The lowest BCUT2D eigenvalue weighted by molar-refractivity contribution is 0.405. The Kier molecular flexibility index (Phi) is 5.81. The summed E-state index contributed by atoms with van der Waals surface area (Å²) >= 11 is 6.10. The molecule has 0 fully saturated rings. The minimum atomic E-state index is 0.462. The zero-order valence-electron chi connectivity index (χ0n) is 13.6. The number of aromatic nitrogens is 3. The average molecular weight is 338 g/mol. The third kappa shape index (κ3) is 4.59. The molecule has 0 aliphatic carbocycles. The Morgan fingerprint density at radius 3 is 2.57 bits per heavy atom. The molecule has 0 spiro atoms. The molecule has 23 heavy (non-hydrogen) atoms. The molecule has 2 aromatic rings. The van der Waals surface area contributed by atoms with Crippen LogP contribution in [-0.4, -0.2) is 35.9 Å². The number of anilines is 3. The van der Waals surface area contributed by atoms with E-state index in [1.54, 1.807) is 26.4 Å². The van der Waals surface area contributed by atoms with Gasteiger partial charge in [-0.1, -0.05) is 25.4 Å². The number of ether oxygens (including phenoxy) is 2. The highest BCUT2D eigenvalue weighted by Gasteiger charge is 2.11. The van der Waals surface area contributed by atoms with Gasteiger partial charge in [-0.2, -0.15) is 10.1 Å². The molecule has 0 radical (unpaired) electrons. The summed E-state index contributed by atoms with van der Waals surface area (Å²) in [5.74, 6) is 2.59. The second-order valence-corrected chi connectivity index (χ2v) is 5.66. The number of nitrogens with one attached hydrogen (secondary N) is 2. The first-order valence-electron chi connectivity index (χ1n) is 7.15. The fraction of sp³-hybridized carbons (Fsp3) is 0.400. The normalized spacial score (nSPS) is 10.5. The van der Waals surface area contributed by atoms with Crippen LogP contribution in [0.2, 0.25) is 5.02 Å². The van der Waals surface area contributed by atoms with E-state index in [2.05, 4.69) is 39.7 Å². The fourth-order valence-electron chi connectivity index (χ4n) is 1.83. The zero-order chi connectivity index (χ0) is 16.8. The average Bonchev–Trinajstić information content (AvgIpc) is 2.54. The fourth-order valence-corrected chi connectivity index (χ4v) is 2.06. The topological polar surface area (TPSA) is 81.2 Å². The van der Waals surface area contributed by atoms with E-state index in [0.29, 0.717) is 39.9 Å². The van der Waals surface area contributed by atoms with Gasteiger partial charge >= 0.3 is 0 Å². The second-order valence-electron chi connectivity index (χ2n) is 5.25. The highest BCUT2D eigenvalue weighted by Crippen LogP contribution is 2.36. The maximum Gasteiger partial charge on any atom is 0.244 e. The van der Waals surface area contributed by atoms with E-state index < -0.39 is 0 Å². The summed E-state index contributed by atoms with van der Waals surface area (Å²) < 4.78 is 10.5. The predicted octanol–water partition coefficient (Wildman–Crippen LogP) is 3.35. The van der Waals surface area contributed by atoms with Gasteiger partial charge in [-0.05, 0) is 5.92 Å². The molecule has 0 unspecified atom stereocenters. The van der Waals surface area contributed by atoms with Crippen molar-refractivity contribution >= 4 is 29.1 Å². The molecule has 8 heteroatoms. The molecule has 124 valence electrons. The van der Waals surface area contributed by atoms with Gasteiger partial charge < -0.3 is 20.1 Å². The molecule has 2 rings (SSSR count). The van der Waals surface area contributed by atoms with Gasteiger partial charge in [-0.15, -0.1) is 5.10 Å². The van der Waals surface area contributed by atoms with Gasteiger partial charge in [0.15, 0.2) is 5.82 Å². The number of methoxy groups -OCH3 is 2. The minimum Gasteiger partial charge on any atom is -0.495 e. The van der Waals surface area contributed by atoms with Crippen LogP contribution < -0.4 is 20.1 Å². The van der Waals surface area contributed by atoms with E-state index in [-0.39, 0.29) is 0 Å². The van der Waals surface area contributed by atoms with Gasteiger partial charge in [0.1, 0.15) is 11.5 Å². The van der Waals surface area contributed by atoms with E-state index in [1.165, 1.54) is 6.20 Å². The van der Waals surface area contributed by atoms with Crippen LogP contribution in [0.5, 0.6) is 11.5 Å². The Balaban J connectivity index is 2.23. The maximum absolute atomic E-state index is 6.10.